The Balaban J connectivity index is 4.26. The molecule has 0 aliphatic rings. The normalized spacial score (nSPS) is 13.9. The van der Waals surface area contributed by atoms with Gasteiger partial charge in [0, 0.05) is 12.8 Å². The maximum atomic E-state index is 12.9. The number of hydrogen-bond acceptors (Lipinski definition) is 7. The molecular formula is C78H124NO8+. The van der Waals surface area contributed by atoms with Crippen molar-refractivity contribution in [1.82, 2.24) is 0 Å². The number of aliphatic carboxylic acids is 1. The summed E-state index contributed by atoms with van der Waals surface area (Å²) in [5.74, 6) is -2.05. The van der Waals surface area contributed by atoms with Crippen molar-refractivity contribution in [1.29, 1.82) is 0 Å². The van der Waals surface area contributed by atoms with Crippen molar-refractivity contribution in [3.05, 3.63) is 182 Å². The van der Waals surface area contributed by atoms with Crippen LogP contribution < -0.4 is 0 Å². The summed E-state index contributed by atoms with van der Waals surface area (Å²) in [6.45, 7) is 4.60. The standard InChI is InChI=1S/C78H123NO8/c1-6-8-10-12-14-16-18-20-22-24-26-28-30-32-33-34-35-36-37-38-39-40-41-42-43-45-47-49-51-53-55-57-59-61-63-65-67-69-76(81)87-74(73-86-78(77(82)83)84-71-70-79(3,4)5)72-85-75(80)68-66-64-62-60-58-56-54-52-50-48-46-44-31-29-27-25-23-21-19-17-15-13-11-9-7-2/h8-11,14-17,20-23,26-29,32-33,35-36,38-39,41-42,44-47,51,53,74,78H,6-7,12-13,18-19,24-25,30-31,34,37,40,43,48-50,52,54-73H2,1-5H3/p+1/b10-8-,11-9-,16-14-,17-15-,22-20-,23-21-,28-26-,29-27-,33-32-,36-35-,39-38-,42-41-,46-44-,47-45-,53-51-. The number of ether oxygens (including phenoxy) is 4. The number of carboxylic acid groups (broad SMARTS) is 1. The molecule has 0 aliphatic heterocycles. The summed E-state index contributed by atoms with van der Waals surface area (Å²) in [4.78, 5) is 37.6. The minimum absolute atomic E-state index is 0.173. The first-order valence-electron chi connectivity index (χ1n) is 33.9. The van der Waals surface area contributed by atoms with E-state index in [0.29, 0.717) is 17.4 Å². The predicted molar refractivity (Wildman–Crippen MR) is 372 cm³/mol. The third kappa shape index (κ3) is 67.8. The molecule has 0 rings (SSSR count). The number of unbranched alkanes of at least 4 members (excludes halogenated alkanes) is 15. The fraction of sp³-hybridized carbons (Fsp3) is 0.577. The van der Waals surface area contributed by atoms with E-state index < -0.39 is 24.3 Å². The first-order chi connectivity index (χ1) is 42.6. The van der Waals surface area contributed by atoms with Gasteiger partial charge in [-0.15, -0.1) is 0 Å². The Kier molecular flexibility index (Phi) is 62.1. The van der Waals surface area contributed by atoms with Crippen LogP contribution in [0.2, 0.25) is 0 Å². The van der Waals surface area contributed by atoms with Gasteiger partial charge in [-0.1, -0.05) is 267 Å². The second kappa shape index (κ2) is 66.3. The van der Waals surface area contributed by atoms with Crippen LogP contribution in [0.4, 0.5) is 0 Å². The van der Waals surface area contributed by atoms with Crippen LogP contribution in [0.3, 0.4) is 0 Å². The van der Waals surface area contributed by atoms with Crippen molar-refractivity contribution < 1.29 is 42.9 Å². The van der Waals surface area contributed by atoms with E-state index in [-0.39, 0.29) is 38.6 Å². The molecule has 87 heavy (non-hydrogen) atoms. The van der Waals surface area contributed by atoms with Crippen molar-refractivity contribution in [3.8, 4) is 0 Å². The molecule has 0 heterocycles. The number of quaternary nitrogens is 1. The summed E-state index contributed by atoms with van der Waals surface area (Å²) in [7, 11) is 5.95. The zero-order valence-electron chi connectivity index (χ0n) is 55.6. The van der Waals surface area contributed by atoms with Gasteiger partial charge < -0.3 is 28.5 Å². The van der Waals surface area contributed by atoms with Gasteiger partial charge in [0.2, 0.25) is 0 Å². The average Bonchev–Trinajstić information content (AvgIpc) is 3.57. The van der Waals surface area contributed by atoms with Crippen molar-refractivity contribution in [2.24, 2.45) is 0 Å². The number of hydrogen-bond donors (Lipinski definition) is 1. The van der Waals surface area contributed by atoms with E-state index in [0.717, 1.165) is 167 Å². The lowest BCUT2D eigenvalue weighted by Crippen LogP contribution is -2.40. The first-order valence-corrected chi connectivity index (χ1v) is 33.9. The topological polar surface area (TPSA) is 108 Å². The molecule has 0 saturated carbocycles. The van der Waals surface area contributed by atoms with Gasteiger partial charge in [0.05, 0.1) is 34.4 Å². The van der Waals surface area contributed by atoms with Crippen LogP contribution in [0.15, 0.2) is 182 Å². The second-order valence-electron chi connectivity index (χ2n) is 23.0. The number of carboxylic acids is 1. The number of esters is 2. The van der Waals surface area contributed by atoms with Crippen LogP contribution in [-0.2, 0) is 33.3 Å². The van der Waals surface area contributed by atoms with Gasteiger partial charge in [0.15, 0.2) is 6.10 Å². The SMILES string of the molecule is CC/C=C\C/C=C\C/C=C\C/C=C\C/C=C\C/C=C\C/C=C\C/C=C\C/C=C\C/C=C\CCCCCCCCC(=O)OC(COC(=O)CCCCCCCCCCC/C=C\C/C=C\C/C=C\C/C=C\C/C=C\CC)COC(OCC[N+](C)(C)C)C(=O)O. The maximum Gasteiger partial charge on any atom is 0.361 e. The van der Waals surface area contributed by atoms with E-state index in [4.69, 9.17) is 18.9 Å². The Morgan fingerprint density at radius 1 is 0.345 bits per heavy atom. The molecule has 488 valence electrons. The van der Waals surface area contributed by atoms with Crippen LogP contribution >= 0.6 is 0 Å². The van der Waals surface area contributed by atoms with E-state index in [2.05, 4.69) is 196 Å². The second-order valence-corrected chi connectivity index (χ2v) is 23.0. The summed E-state index contributed by atoms with van der Waals surface area (Å²) in [5.41, 5.74) is 0. The Hall–Kier alpha value is -5.61. The molecule has 0 fully saturated rings. The molecule has 2 atom stereocenters. The highest BCUT2D eigenvalue weighted by Crippen LogP contribution is 2.15. The third-order valence-electron chi connectivity index (χ3n) is 13.7. The van der Waals surface area contributed by atoms with Gasteiger partial charge in [0.1, 0.15) is 13.2 Å². The predicted octanol–water partition coefficient (Wildman–Crippen LogP) is 21.2. The van der Waals surface area contributed by atoms with Crippen molar-refractivity contribution in [3.63, 3.8) is 0 Å². The highest BCUT2D eigenvalue weighted by atomic mass is 16.7. The molecule has 0 aliphatic carbocycles. The molecule has 0 aromatic heterocycles. The number of allylic oxidation sites excluding steroid dienone is 30. The van der Waals surface area contributed by atoms with Gasteiger partial charge in [-0.2, -0.15) is 0 Å². The zero-order chi connectivity index (χ0) is 63.3. The fourth-order valence-corrected chi connectivity index (χ4v) is 8.54. The number of rotatable bonds is 60. The van der Waals surface area contributed by atoms with Gasteiger partial charge in [0.25, 0.3) is 6.29 Å². The number of carbonyl (C=O) groups excluding carboxylic acids is 2. The molecule has 0 radical (unpaired) electrons. The lowest BCUT2D eigenvalue weighted by Gasteiger charge is -2.25. The molecule has 0 spiro atoms. The van der Waals surface area contributed by atoms with Crippen LogP contribution in [0.25, 0.3) is 0 Å². The number of nitrogens with zero attached hydrogens (tertiary/aromatic N) is 1. The van der Waals surface area contributed by atoms with E-state index in [1.807, 2.05) is 21.1 Å². The van der Waals surface area contributed by atoms with E-state index >= 15 is 0 Å². The molecule has 2 unspecified atom stereocenters. The van der Waals surface area contributed by atoms with E-state index in [1.165, 1.54) is 32.1 Å². The van der Waals surface area contributed by atoms with Crippen molar-refractivity contribution >= 4 is 17.9 Å². The first kappa shape index (κ1) is 81.4. The molecule has 0 amide bonds. The third-order valence-corrected chi connectivity index (χ3v) is 13.7. The van der Waals surface area contributed by atoms with Crippen molar-refractivity contribution in [2.45, 2.75) is 245 Å². The lowest BCUT2D eigenvalue weighted by molar-refractivity contribution is -0.870. The van der Waals surface area contributed by atoms with Gasteiger partial charge in [-0.05, 0) is 135 Å². The minimum Gasteiger partial charge on any atom is -0.477 e. The van der Waals surface area contributed by atoms with E-state index in [9.17, 15) is 19.5 Å². The quantitative estimate of drug-likeness (QED) is 0.0211. The largest absolute Gasteiger partial charge is 0.477 e. The van der Waals surface area contributed by atoms with Gasteiger partial charge in [-0.25, -0.2) is 4.79 Å². The number of likely N-dealkylation sites (N-methyl/N-ethyl adjacent to an activating group) is 1. The van der Waals surface area contributed by atoms with Gasteiger partial charge in [-0.3, -0.25) is 9.59 Å². The Bertz CT molecular complexity index is 2080. The summed E-state index contributed by atoms with van der Waals surface area (Å²) in [5, 5.41) is 9.74. The molecule has 1 N–H and O–H groups in total. The smallest absolute Gasteiger partial charge is 0.361 e. The van der Waals surface area contributed by atoms with Crippen LogP contribution in [0.5, 0.6) is 0 Å². The zero-order valence-corrected chi connectivity index (χ0v) is 55.6. The minimum atomic E-state index is -1.53. The molecular weight excluding hydrogens is 1080 g/mol. The molecule has 9 heteroatoms. The van der Waals surface area contributed by atoms with E-state index in [1.54, 1.807) is 0 Å². The van der Waals surface area contributed by atoms with Crippen molar-refractivity contribution in [2.75, 3.05) is 47.5 Å². The van der Waals surface area contributed by atoms with Crippen LogP contribution in [0.1, 0.15) is 232 Å². The monoisotopic (exact) mass is 1200 g/mol. The van der Waals surface area contributed by atoms with Gasteiger partial charge >= 0.3 is 17.9 Å². The Morgan fingerprint density at radius 3 is 0.920 bits per heavy atom. The molecule has 0 aromatic carbocycles. The Labute approximate surface area is 532 Å². The number of carbonyl (C=O) groups is 3. The lowest BCUT2D eigenvalue weighted by atomic mass is 10.1. The average molecular weight is 1200 g/mol. The van der Waals surface area contributed by atoms with Crippen LogP contribution in [0, 0.1) is 0 Å². The molecule has 0 aromatic rings. The van der Waals surface area contributed by atoms with Crippen LogP contribution in [-0.4, -0.2) is 87.4 Å². The maximum absolute atomic E-state index is 12.9. The highest BCUT2D eigenvalue weighted by Gasteiger charge is 2.25. The molecule has 0 saturated heterocycles. The summed E-state index contributed by atoms with van der Waals surface area (Å²) in [6.07, 6.45) is 98.4. The summed E-state index contributed by atoms with van der Waals surface area (Å²) < 4.78 is 22.9. The summed E-state index contributed by atoms with van der Waals surface area (Å²) >= 11 is 0. The molecule has 9 nitrogen and oxygen atoms in total. The summed E-state index contributed by atoms with van der Waals surface area (Å²) in [6, 6.07) is 0. The highest BCUT2D eigenvalue weighted by molar-refractivity contribution is 5.71. The molecule has 0 bridgehead atoms. The fourth-order valence-electron chi connectivity index (χ4n) is 8.54. The Morgan fingerprint density at radius 2 is 0.621 bits per heavy atom.